The molecule has 0 amide bonds. The van der Waals surface area contributed by atoms with Crippen LogP contribution in [0.2, 0.25) is 0 Å². The fraction of sp³-hybridized carbons (Fsp3) is 1.00. The van der Waals surface area contributed by atoms with Crippen molar-refractivity contribution in [1.29, 1.82) is 0 Å². The standard InChI is InChI=1S/C7H13N3O.C7H14O2/c1-5-3-6(2)11-4-7(5)9-10-8;1-5-3-6(2)9-4-7(5)8/h5-7H,3-4H2,1-2H3;5-8H,3-4H2,1-2H3/t5-,6-,7+;5-,6-,7-/m00/s1. The van der Waals surface area contributed by atoms with E-state index in [0.717, 1.165) is 12.8 Å². The van der Waals surface area contributed by atoms with Gasteiger partial charge in [-0.1, -0.05) is 19.0 Å². The summed E-state index contributed by atoms with van der Waals surface area (Å²) in [5, 5.41) is 12.8. The number of nitrogens with zero attached hydrogens (tertiary/aromatic N) is 3. The van der Waals surface area contributed by atoms with E-state index in [9.17, 15) is 5.11 Å². The van der Waals surface area contributed by atoms with Gasteiger partial charge in [-0.2, -0.15) is 0 Å². The molecule has 0 aromatic rings. The lowest BCUT2D eigenvalue weighted by Gasteiger charge is -2.29. The van der Waals surface area contributed by atoms with Crippen LogP contribution < -0.4 is 0 Å². The lowest BCUT2D eigenvalue weighted by Crippen LogP contribution is -2.34. The minimum absolute atomic E-state index is 0.0381. The van der Waals surface area contributed by atoms with Gasteiger partial charge >= 0.3 is 0 Å². The summed E-state index contributed by atoms with van der Waals surface area (Å²) in [6, 6.07) is 0.0381. The number of hydrogen-bond acceptors (Lipinski definition) is 4. The first-order valence-electron chi connectivity index (χ1n) is 7.39. The van der Waals surface area contributed by atoms with Crippen LogP contribution >= 0.6 is 0 Å². The Morgan fingerprint density at radius 1 is 1.00 bits per heavy atom. The van der Waals surface area contributed by atoms with Gasteiger partial charge in [-0.25, -0.2) is 0 Å². The zero-order valence-corrected chi connectivity index (χ0v) is 12.9. The first-order chi connectivity index (χ1) is 9.43. The summed E-state index contributed by atoms with van der Waals surface area (Å²) in [5.74, 6) is 0.864. The molecule has 0 unspecified atom stereocenters. The maximum absolute atomic E-state index is 9.17. The Hall–Kier alpha value is -0.810. The highest BCUT2D eigenvalue weighted by atomic mass is 16.5. The molecule has 1 N–H and O–H groups in total. The molecule has 20 heavy (non-hydrogen) atoms. The minimum Gasteiger partial charge on any atom is -0.390 e. The molecule has 2 aliphatic heterocycles. The highest BCUT2D eigenvalue weighted by Gasteiger charge is 2.24. The van der Waals surface area contributed by atoms with Crippen LogP contribution in [0, 0.1) is 11.8 Å². The van der Waals surface area contributed by atoms with Crippen LogP contribution in [0.5, 0.6) is 0 Å². The summed E-state index contributed by atoms with van der Waals surface area (Å²) >= 11 is 0. The first-order valence-corrected chi connectivity index (χ1v) is 7.39. The van der Waals surface area contributed by atoms with Gasteiger partial charge < -0.3 is 14.6 Å². The van der Waals surface area contributed by atoms with Crippen LogP contribution in [0.4, 0.5) is 0 Å². The third-order valence-corrected chi connectivity index (χ3v) is 4.02. The van der Waals surface area contributed by atoms with Crippen LogP contribution in [0.25, 0.3) is 10.4 Å². The molecular formula is C14H27N3O3. The molecule has 2 saturated heterocycles. The normalized spacial score (nSPS) is 41.0. The maximum atomic E-state index is 9.17. The van der Waals surface area contributed by atoms with E-state index in [1.807, 2.05) is 13.8 Å². The van der Waals surface area contributed by atoms with Gasteiger partial charge in [0.05, 0.1) is 37.6 Å². The highest BCUT2D eigenvalue weighted by Crippen LogP contribution is 2.22. The third-order valence-electron chi connectivity index (χ3n) is 4.02. The number of rotatable bonds is 1. The van der Waals surface area contributed by atoms with E-state index in [2.05, 4.69) is 23.9 Å². The second kappa shape index (κ2) is 8.47. The lowest BCUT2D eigenvalue weighted by molar-refractivity contribution is -0.0762. The Morgan fingerprint density at radius 3 is 2.00 bits per heavy atom. The van der Waals surface area contributed by atoms with Gasteiger partial charge in [0.25, 0.3) is 0 Å². The fourth-order valence-corrected chi connectivity index (χ4v) is 2.57. The zero-order valence-electron chi connectivity index (χ0n) is 12.9. The first kappa shape index (κ1) is 17.2. The van der Waals surface area contributed by atoms with Gasteiger partial charge in [-0.15, -0.1) is 0 Å². The van der Waals surface area contributed by atoms with Crippen molar-refractivity contribution >= 4 is 0 Å². The van der Waals surface area contributed by atoms with Crippen molar-refractivity contribution in [3.8, 4) is 0 Å². The summed E-state index contributed by atoms with van der Waals surface area (Å²) in [7, 11) is 0. The molecule has 2 heterocycles. The second-order valence-corrected chi connectivity index (χ2v) is 6.05. The molecule has 0 saturated carbocycles. The molecule has 0 spiro atoms. The van der Waals surface area contributed by atoms with Crippen molar-refractivity contribution in [2.24, 2.45) is 17.0 Å². The average Bonchev–Trinajstić information content (AvgIpc) is 2.39. The molecule has 6 heteroatoms. The van der Waals surface area contributed by atoms with E-state index in [1.54, 1.807) is 0 Å². The van der Waals surface area contributed by atoms with Crippen molar-refractivity contribution in [2.45, 2.75) is 64.9 Å². The third kappa shape index (κ3) is 5.67. The molecule has 6 nitrogen and oxygen atoms in total. The topological polar surface area (TPSA) is 87.5 Å². The summed E-state index contributed by atoms with van der Waals surface area (Å²) in [4.78, 5) is 2.78. The van der Waals surface area contributed by atoms with Crippen LogP contribution in [0.1, 0.15) is 40.5 Å². The summed E-state index contributed by atoms with van der Waals surface area (Å²) in [6.07, 6.45) is 2.39. The van der Waals surface area contributed by atoms with Crippen LogP contribution in [0.3, 0.4) is 0 Å². The van der Waals surface area contributed by atoms with Crippen molar-refractivity contribution in [2.75, 3.05) is 13.2 Å². The van der Waals surface area contributed by atoms with E-state index in [0.29, 0.717) is 37.3 Å². The van der Waals surface area contributed by atoms with E-state index in [1.165, 1.54) is 0 Å². The minimum atomic E-state index is -0.235. The quantitative estimate of drug-likeness (QED) is 0.456. The Morgan fingerprint density at radius 2 is 1.55 bits per heavy atom. The van der Waals surface area contributed by atoms with E-state index in [4.69, 9.17) is 15.0 Å². The number of hydrogen-bond donors (Lipinski definition) is 1. The van der Waals surface area contributed by atoms with Crippen LogP contribution in [-0.4, -0.2) is 42.7 Å². The molecule has 0 bridgehead atoms. The summed E-state index contributed by atoms with van der Waals surface area (Å²) < 4.78 is 10.6. The number of ether oxygens (including phenoxy) is 2. The molecule has 0 aliphatic carbocycles. The van der Waals surface area contributed by atoms with Gasteiger partial charge in [0.1, 0.15) is 0 Å². The molecule has 2 fully saturated rings. The Bertz CT molecular complexity index is 334. The molecule has 116 valence electrons. The van der Waals surface area contributed by atoms with Crippen LogP contribution in [-0.2, 0) is 9.47 Å². The Labute approximate surface area is 121 Å². The van der Waals surface area contributed by atoms with Gasteiger partial charge in [0.2, 0.25) is 0 Å². The smallest absolute Gasteiger partial charge is 0.0800 e. The molecule has 0 radical (unpaired) electrons. The van der Waals surface area contributed by atoms with Gasteiger partial charge in [0, 0.05) is 4.91 Å². The van der Waals surface area contributed by atoms with Crippen molar-refractivity contribution in [3.05, 3.63) is 10.4 Å². The van der Waals surface area contributed by atoms with E-state index in [-0.39, 0.29) is 12.1 Å². The van der Waals surface area contributed by atoms with Gasteiger partial charge in [-0.05, 0) is 44.1 Å². The predicted molar refractivity (Wildman–Crippen MR) is 77.3 cm³/mol. The Balaban J connectivity index is 0.000000204. The second-order valence-electron chi connectivity index (χ2n) is 6.05. The van der Waals surface area contributed by atoms with Gasteiger partial charge in [0.15, 0.2) is 0 Å². The largest absolute Gasteiger partial charge is 0.390 e. The fourth-order valence-electron chi connectivity index (χ4n) is 2.57. The van der Waals surface area contributed by atoms with E-state index >= 15 is 0 Å². The maximum Gasteiger partial charge on any atom is 0.0800 e. The Kier molecular flexibility index (Phi) is 7.30. The summed E-state index contributed by atoms with van der Waals surface area (Å²) in [6.45, 7) is 9.34. The molecular weight excluding hydrogens is 258 g/mol. The SMILES string of the molecule is C[C@H]1C[C@H](C)[C@@H](O)CO1.C[C@H]1C[C@H](C)[C@H](N=[N+]=[N-])CO1. The van der Waals surface area contributed by atoms with Crippen molar-refractivity contribution < 1.29 is 14.6 Å². The van der Waals surface area contributed by atoms with E-state index < -0.39 is 0 Å². The van der Waals surface area contributed by atoms with Crippen LogP contribution in [0.15, 0.2) is 5.11 Å². The lowest BCUT2D eigenvalue weighted by atomic mass is 9.94. The zero-order chi connectivity index (χ0) is 15.1. The predicted octanol–water partition coefficient (Wildman–Crippen LogP) is 2.90. The highest BCUT2D eigenvalue weighted by molar-refractivity contribution is 4.79. The molecule has 2 aliphatic rings. The average molecular weight is 285 g/mol. The summed E-state index contributed by atoms with van der Waals surface area (Å²) in [5.41, 5.74) is 8.20. The van der Waals surface area contributed by atoms with Crippen molar-refractivity contribution in [1.82, 2.24) is 0 Å². The number of azide groups is 1. The van der Waals surface area contributed by atoms with Gasteiger partial charge in [-0.3, -0.25) is 0 Å². The number of aliphatic hydroxyl groups excluding tert-OH is 1. The monoisotopic (exact) mass is 285 g/mol. The molecule has 0 aromatic carbocycles. The van der Waals surface area contributed by atoms with Crippen molar-refractivity contribution in [3.63, 3.8) is 0 Å². The molecule has 0 aromatic heterocycles. The molecule has 2 rings (SSSR count). The molecule has 6 atom stereocenters. The number of aliphatic hydroxyl groups is 1.